The highest BCUT2D eigenvalue weighted by molar-refractivity contribution is 6.33. The van der Waals surface area contributed by atoms with E-state index < -0.39 is 0 Å². The number of amides is 2. The van der Waals surface area contributed by atoms with Gasteiger partial charge in [0.2, 0.25) is 11.9 Å². The fraction of sp³-hybridized carbons (Fsp3) is 0.286. The number of nitrogens with one attached hydrogen (secondary N) is 3. The summed E-state index contributed by atoms with van der Waals surface area (Å²) in [5.41, 5.74) is 2.70. The first kappa shape index (κ1) is 27.7. The number of rotatable bonds is 9. The highest BCUT2D eigenvalue weighted by Crippen LogP contribution is 2.34. The van der Waals surface area contributed by atoms with Crippen LogP contribution in [0.1, 0.15) is 23.2 Å². The summed E-state index contributed by atoms with van der Waals surface area (Å²) in [6, 6.07) is 13.2. The van der Waals surface area contributed by atoms with Crippen LogP contribution in [0.3, 0.4) is 0 Å². The summed E-state index contributed by atoms with van der Waals surface area (Å²) < 4.78 is 5.67. The summed E-state index contributed by atoms with van der Waals surface area (Å²) in [5.74, 6) is 1.02. The quantitative estimate of drug-likeness (QED) is 0.332. The highest BCUT2D eigenvalue weighted by Gasteiger charge is 2.25. The van der Waals surface area contributed by atoms with E-state index in [1.54, 1.807) is 32.4 Å². The fourth-order valence-corrected chi connectivity index (χ4v) is 4.64. The highest BCUT2D eigenvalue weighted by atomic mass is 35.5. The van der Waals surface area contributed by atoms with Gasteiger partial charge < -0.3 is 30.5 Å². The van der Waals surface area contributed by atoms with E-state index in [4.69, 9.17) is 16.3 Å². The molecule has 1 saturated heterocycles. The van der Waals surface area contributed by atoms with E-state index in [1.807, 2.05) is 29.2 Å². The Labute approximate surface area is 233 Å². The summed E-state index contributed by atoms with van der Waals surface area (Å²) in [6.07, 6.45) is 4.60. The first-order valence-electron chi connectivity index (χ1n) is 12.5. The van der Waals surface area contributed by atoms with Crippen LogP contribution in [0.15, 0.2) is 61.3 Å². The van der Waals surface area contributed by atoms with Crippen LogP contribution in [0.4, 0.5) is 28.8 Å². The number of ether oxygens (including phenoxy) is 1. The first-order valence-corrected chi connectivity index (χ1v) is 12.9. The van der Waals surface area contributed by atoms with E-state index in [2.05, 4.69) is 44.4 Å². The largest absolute Gasteiger partial charge is 0.494 e. The second kappa shape index (κ2) is 12.5. The lowest BCUT2D eigenvalue weighted by Crippen LogP contribution is -2.45. The third-order valence-electron chi connectivity index (χ3n) is 6.73. The van der Waals surface area contributed by atoms with Crippen LogP contribution in [0.25, 0.3) is 0 Å². The third kappa shape index (κ3) is 6.40. The molecule has 204 valence electrons. The van der Waals surface area contributed by atoms with Crippen molar-refractivity contribution in [3.05, 3.63) is 71.9 Å². The van der Waals surface area contributed by atoms with Crippen LogP contribution >= 0.6 is 11.6 Å². The monoisotopic (exact) mass is 549 g/mol. The Morgan fingerprint density at radius 1 is 1.15 bits per heavy atom. The maximum absolute atomic E-state index is 12.3. The number of hydrogen-bond acceptors (Lipinski definition) is 8. The maximum atomic E-state index is 12.3. The van der Waals surface area contributed by atoms with Gasteiger partial charge in [-0.05, 0) is 43.2 Å². The fourth-order valence-electron chi connectivity index (χ4n) is 4.50. The molecular weight excluding hydrogens is 518 g/mol. The van der Waals surface area contributed by atoms with Gasteiger partial charge in [0.1, 0.15) is 10.8 Å². The zero-order valence-electron chi connectivity index (χ0n) is 22.2. The molecule has 1 fully saturated rings. The number of benzene rings is 2. The van der Waals surface area contributed by atoms with Crippen LogP contribution in [0, 0.1) is 0 Å². The van der Waals surface area contributed by atoms with Crippen molar-refractivity contribution in [2.24, 2.45) is 0 Å². The van der Waals surface area contributed by atoms with E-state index >= 15 is 0 Å². The van der Waals surface area contributed by atoms with Crippen molar-refractivity contribution >= 4 is 52.2 Å². The normalized spacial score (nSPS) is 13.4. The van der Waals surface area contributed by atoms with Crippen molar-refractivity contribution in [1.82, 2.24) is 20.2 Å². The van der Waals surface area contributed by atoms with Gasteiger partial charge in [-0.1, -0.05) is 30.3 Å². The van der Waals surface area contributed by atoms with E-state index in [0.717, 1.165) is 18.5 Å². The smallest absolute Gasteiger partial charge is 0.253 e. The number of methoxy groups -OCH3 is 1. The number of aromatic nitrogens is 2. The molecule has 4 rings (SSSR count). The zero-order chi connectivity index (χ0) is 27.9. The molecule has 10 nitrogen and oxygen atoms in total. The summed E-state index contributed by atoms with van der Waals surface area (Å²) in [7, 11) is 5.23. The molecule has 2 heterocycles. The average molecular weight is 550 g/mol. The summed E-state index contributed by atoms with van der Waals surface area (Å²) >= 11 is 6.36. The minimum absolute atomic E-state index is 0.0216. The first-order chi connectivity index (χ1) is 18.8. The summed E-state index contributed by atoms with van der Waals surface area (Å²) in [5, 5.41) is 9.26. The second-order valence-electron chi connectivity index (χ2n) is 9.02. The minimum Gasteiger partial charge on any atom is -0.494 e. The number of piperidine rings is 1. The molecule has 0 aliphatic carbocycles. The molecule has 1 aliphatic rings. The Kier molecular flexibility index (Phi) is 8.88. The molecule has 0 radical (unpaired) electrons. The Balaban J connectivity index is 1.50. The van der Waals surface area contributed by atoms with E-state index in [1.165, 1.54) is 12.3 Å². The van der Waals surface area contributed by atoms with Gasteiger partial charge in [-0.2, -0.15) is 4.98 Å². The van der Waals surface area contributed by atoms with E-state index in [-0.39, 0.29) is 11.8 Å². The number of likely N-dealkylation sites (tertiary alicyclic amines) is 1. The van der Waals surface area contributed by atoms with Crippen molar-refractivity contribution in [3.63, 3.8) is 0 Å². The van der Waals surface area contributed by atoms with Crippen molar-refractivity contribution in [2.75, 3.05) is 49.8 Å². The van der Waals surface area contributed by atoms with Gasteiger partial charge in [-0.25, -0.2) is 4.98 Å². The maximum Gasteiger partial charge on any atom is 0.253 e. The third-order valence-corrected chi connectivity index (χ3v) is 7.01. The van der Waals surface area contributed by atoms with Crippen LogP contribution in [0.2, 0.25) is 5.02 Å². The van der Waals surface area contributed by atoms with E-state index in [0.29, 0.717) is 58.6 Å². The van der Waals surface area contributed by atoms with Crippen LogP contribution in [-0.2, 0) is 4.79 Å². The van der Waals surface area contributed by atoms with Crippen molar-refractivity contribution in [2.45, 2.75) is 18.9 Å². The summed E-state index contributed by atoms with van der Waals surface area (Å²) in [6.45, 7) is 4.99. The second-order valence-corrected chi connectivity index (χ2v) is 9.43. The zero-order valence-corrected chi connectivity index (χ0v) is 23.0. The lowest BCUT2D eigenvalue weighted by atomic mass is 10.0. The number of carbonyl (C=O) groups excluding carboxylic acids is 2. The number of halogens is 1. The molecule has 1 aliphatic heterocycles. The number of hydrogen-bond donors (Lipinski definition) is 3. The van der Waals surface area contributed by atoms with Crippen molar-refractivity contribution < 1.29 is 14.3 Å². The molecule has 0 atom stereocenters. The number of anilines is 5. The van der Waals surface area contributed by atoms with Gasteiger partial charge in [-0.15, -0.1) is 0 Å². The average Bonchev–Trinajstić information content (AvgIpc) is 2.98. The lowest BCUT2D eigenvalue weighted by Gasteiger charge is -2.37. The Morgan fingerprint density at radius 3 is 2.59 bits per heavy atom. The van der Waals surface area contributed by atoms with Gasteiger partial charge in [-0.3, -0.25) is 9.59 Å². The molecule has 2 aromatic carbocycles. The molecule has 11 heteroatoms. The lowest BCUT2D eigenvalue weighted by molar-refractivity contribution is -0.127. The van der Waals surface area contributed by atoms with Gasteiger partial charge in [0.25, 0.3) is 5.91 Å². The number of nitrogens with zero attached hydrogens (tertiary/aromatic N) is 4. The van der Waals surface area contributed by atoms with Crippen LogP contribution < -0.4 is 25.6 Å². The SMILES string of the molecule is C=CC(=O)N1CCC(N(C)c2ccc(Nc3ncc(Cl)c(Nc4ccccc4C(=O)NC)n3)c(OC)c2)CC1. The predicted molar refractivity (Wildman–Crippen MR) is 155 cm³/mol. The summed E-state index contributed by atoms with van der Waals surface area (Å²) in [4.78, 5) is 37.0. The topological polar surface area (TPSA) is 112 Å². The van der Waals surface area contributed by atoms with Crippen molar-refractivity contribution in [3.8, 4) is 5.75 Å². The molecule has 3 N–H and O–H groups in total. The Morgan fingerprint density at radius 2 is 1.90 bits per heavy atom. The molecule has 0 spiro atoms. The van der Waals surface area contributed by atoms with Gasteiger partial charge in [0, 0.05) is 45.0 Å². The molecule has 0 saturated carbocycles. The number of carbonyl (C=O) groups is 2. The predicted octanol–water partition coefficient (Wildman–Crippen LogP) is 4.60. The minimum atomic E-state index is -0.229. The molecular formula is C28H32ClN7O3. The van der Waals surface area contributed by atoms with Crippen molar-refractivity contribution in [1.29, 1.82) is 0 Å². The molecule has 1 aromatic heterocycles. The molecule has 39 heavy (non-hydrogen) atoms. The standard InChI is InChI=1S/C28H32ClN7O3/c1-5-25(37)36-14-12-18(13-15-36)35(3)19-10-11-23(24(16-19)39-4)33-28-31-17-21(29)26(34-28)32-22-9-7-6-8-20(22)27(38)30-2/h5-11,16-18H,1,12-15H2,2-4H3,(H,30,38)(H2,31,32,33,34). The van der Waals surface area contributed by atoms with Crippen LogP contribution in [-0.4, -0.2) is 67.0 Å². The molecule has 2 amide bonds. The number of para-hydroxylation sites is 1. The molecule has 0 bridgehead atoms. The van der Waals surface area contributed by atoms with Gasteiger partial charge >= 0.3 is 0 Å². The van der Waals surface area contributed by atoms with Crippen LogP contribution in [0.5, 0.6) is 5.75 Å². The Bertz CT molecular complexity index is 1360. The van der Waals surface area contributed by atoms with Gasteiger partial charge in [0.05, 0.1) is 30.2 Å². The molecule has 0 unspecified atom stereocenters. The Hall–Kier alpha value is -4.31. The van der Waals surface area contributed by atoms with E-state index in [9.17, 15) is 9.59 Å². The molecule has 3 aromatic rings. The van der Waals surface area contributed by atoms with Gasteiger partial charge in [0.15, 0.2) is 5.82 Å².